The molecule has 0 saturated carbocycles. The summed E-state index contributed by atoms with van der Waals surface area (Å²) in [6.45, 7) is 4.01. The molecule has 62 valence electrons. The van der Waals surface area contributed by atoms with Gasteiger partial charge in [-0.05, 0) is 40.3 Å². The Morgan fingerprint density at radius 2 is 1.92 bits per heavy atom. The molecule has 0 nitrogen and oxygen atoms in total. The van der Waals surface area contributed by atoms with Gasteiger partial charge in [0.2, 0.25) is 0 Å². The van der Waals surface area contributed by atoms with Crippen LogP contribution in [0.2, 0.25) is 0 Å². The Morgan fingerprint density at radius 1 is 1.00 bits per heavy atom. The summed E-state index contributed by atoms with van der Waals surface area (Å²) < 4.78 is 0. The van der Waals surface area contributed by atoms with E-state index >= 15 is 0 Å². The highest BCUT2D eigenvalue weighted by molar-refractivity contribution is 5.90. The largest absolute Gasteiger partial charge is 0.0911 e. The van der Waals surface area contributed by atoms with Crippen LogP contribution >= 0.6 is 0 Å². The van der Waals surface area contributed by atoms with E-state index in [-0.39, 0.29) is 0 Å². The Kier molecular flexibility index (Phi) is 1.18. The maximum absolute atomic E-state index is 4.01. The summed E-state index contributed by atoms with van der Waals surface area (Å²) >= 11 is 0. The molecule has 0 atom stereocenters. The molecule has 2 aliphatic carbocycles. The van der Waals surface area contributed by atoms with E-state index in [0.717, 1.165) is 12.0 Å². The molecule has 0 heteroatoms. The van der Waals surface area contributed by atoms with Crippen molar-refractivity contribution in [2.45, 2.75) is 6.42 Å². The van der Waals surface area contributed by atoms with Crippen molar-refractivity contribution in [3.63, 3.8) is 0 Å². The smallest absolute Gasteiger partial charge is 0.00880 e. The fraction of sp³-hybridized carbons (Fsp3) is 0.0769. The third kappa shape index (κ3) is 0.858. The monoisotopic (exact) mass is 166 g/mol. The Bertz CT molecular complexity index is 459. The highest BCUT2D eigenvalue weighted by Crippen LogP contribution is 2.32. The number of allylic oxidation sites excluding steroid dienone is 3. The predicted octanol–water partition coefficient (Wildman–Crippen LogP) is 3.30. The zero-order valence-corrected chi connectivity index (χ0v) is 7.38. The van der Waals surface area contributed by atoms with Gasteiger partial charge in [0.15, 0.2) is 0 Å². The molecule has 13 heavy (non-hydrogen) atoms. The van der Waals surface area contributed by atoms with Gasteiger partial charge < -0.3 is 0 Å². The van der Waals surface area contributed by atoms with Crippen LogP contribution < -0.4 is 0 Å². The first-order valence-corrected chi connectivity index (χ1v) is 4.55. The van der Waals surface area contributed by atoms with Crippen LogP contribution in [-0.2, 0) is 6.42 Å². The molecule has 3 rings (SSSR count). The Balaban J connectivity index is 2.30. The Hall–Kier alpha value is -1.56. The molecule has 1 aromatic rings. The molecule has 0 heterocycles. The Labute approximate surface area is 77.9 Å². The predicted molar refractivity (Wildman–Crippen MR) is 57.2 cm³/mol. The lowest BCUT2D eigenvalue weighted by molar-refractivity contribution is 1.30. The van der Waals surface area contributed by atoms with Crippen molar-refractivity contribution in [1.82, 2.24) is 0 Å². The van der Waals surface area contributed by atoms with Crippen LogP contribution in [0.25, 0.3) is 17.7 Å². The molecule has 0 unspecified atom stereocenters. The first-order valence-electron chi connectivity index (χ1n) is 4.55. The van der Waals surface area contributed by atoms with E-state index in [1.165, 1.54) is 22.3 Å². The van der Waals surface area contributed by atoms with E-state index in [0.29, 0.717) is 0 Å². The van der Waals surface area contributed by atoms with Crippen molar-refractivity contribution in [2.24, 2.45) is 0 Å². The molecule has 0 fully saturated rings. The van der Waals surface area contributed by atoms with Crippen LogP contribution in [0.3, 0.4) is 0 Å². The van der Waals surface area contributed by atoms with Gasteiger partial charge in [0.25, 0.3) is 0 Å². The molecule has 1 aromatic carbocycles. The Morgan fingerprint density at radius 3 is 2.85 bits per heavy atom. The van der Waals surface area contributed by atoms with Crippen LogP contribution in [0.15, 0.2) is 30.9 Å². The summed E-state index contributed by atoms with van der Waals surface area (Å²) in [5.74, 6) is 0. The minimum atomic E-state index is 1.09. The second-order valence-electron chi connectivity index (χ2n) is 3.60. The summed E-state index contributed by atoms with van der Waals surface area (Å²) in [6, 6.07) is 4.52. The SMILES string of the molecule is C=C1C=Cc2cc3c(cc21)C=CC3. The maximum atomic E-state index is 4.01. The molecule has 2 aliphatic rings. The molecular formula is C13H10. The van der Waals surface area contributed by atoms with Gasteiger partial charge in [-0.15, -0.1) is 0 Å². The van der Waals surface area contributed by atoms with Crippen molar-refractivity contribution < 1.29 is 0 Å². The van der Waals surface area contributed by atoms with Gasteiger partial charge in [-0.25, -0.2) is 0 Å². The van der Waals surface area contributed by atoms with Crippen molar-refractivity contribution in [3.8, 4) is 0 Å². The summed E-state index contributed by atoms with van der Waals surface area (Å²) in [5, 5.41) is 0. The molecule has 0 N–H and O–H groups in total. The quantitative estimate of drug-likeness (QED) is 0.554. The standard InChI is InChI=1S/C13H10/c1-9-5-6-12-7-10-3-2-4-11(10)8-13(9)12/h2,4-8H,1,3H2. The first kappa shape index (κ1) is 6.90. The average molecular weight is 166 g/mol. The van der Waals surface area contributed by atoms with Gasteiger partial charge in [-0.2, -0.15) is 0 Å². The molecule has 0 saturated heterocycles. The first-order chi connectivity index (χ1) is 6.34. The third-order valence-electron chi connectivity index (χ3n) is 2.76. The minimum Gasteiger partial charge on any atom is -0.0911 e. The number of hydrogen-bond donors (Lipinski definition) is 0. The summed E-state index contributed by atoms with van der Waals surface area (Å²) in [5.41, 5.74) is 6.57. The van der Waals surface area contributed by atoms with E-state index in [2.05, 4.69) is 43.0 Å². The summed E-state index contributed by atoms with van der Waals surface area (Å²) in [6.07, 6.45) is 9.73. The lowest BCUT2D eigenvalue weighted by Gasteiger charge is -2.04. The van der Waals surface area contributed by atoms with Gasteiger partial charge in [0.05, 0.1) is 0 Å². The number of rotatable bonds is 0. The van der Waals surface area contributed by atoms with Crippen LogP contribution in [0, 0.1) is 0 Å². The number of fused-ring (bicyclic) bond motifs is 2. The van der Waals surface area contributed by atoms with Crippen LogP contribution in [0.1, 0.15) is 22.3 Å². The molecule has 0 radical (unpaired) electrons. The molecule has 0 bridgehead atoms. The summed E-state index contributed by atoms with van der Waals surface area (Å²) in [4.78, 5) is 0. The van der Waals surface area contributed by atoms with Crippen LogP contribution in [0.4, 0.5) is 0 Å². The highest BCUT2D eigenvalue weighted by Gasteiger charge is 2.13. The van der Waals surface area contributed by atoms with Crippen LogP contribution in [0.5, 0.6) is 0 Å². The van der Waals surface area contributed by atoms with Crippen molar-refractivity contribution in [3.05, 3.63) is 53.1 Å². The third-order valence-corrected chi connectivity index (χ3v) is 2.76. The van der Waals surface area contributed by atoms with Gasteiger partial charge in [-0.1, -0.05) is 36.9 Å². The van der Waals surface area contributed by atoms with Gasteiger partial charge in [0.1, 0.15) is 0 Å². The minimum absolute atomic E-state index is 1.09. The van der Waals surface area contributed by atoms with Gasteiger partial charge in [0, 0.05) is 0 Å². The molecule has 0 aliphatic heterocycles. The molecule has 0 aromatic heterocycles. The molecule has 0 amide bonds. The second kappa shape index (κ2) is 2.23. The fourth-order valence-electron chi connectivity index (χ4n) is 2.02. The normalized spacial score (nSPS) is 16.5. The zero-order valence-electron chi connectivity index (χ0n) is 7.38. The zero-order chi connectivity index (χ0) is 8.84. The second-order valence-corrected chi connectivity index (χ2v) is 3.60. The fourth-order valence-corrected chi connectivity index (χ4v) is 2.02. The summed E-state index contributed by atoms with van der Waals surface area (Å²) in [7, 11) is 0. The van der Waals surface area contributed by atoms with E-state index in [1.54, 1.807) is 0 Å². The average Bonchev–Trinajstić information content (AvgIpc) is 2.70. The van der Waals surface area contributed by atoms with Crippen molar-refractivity contribution in [2.75, 3.05) is 0 Å². The maximum Gasteiger partial charge on any atom is -0.00880 e. The highest BCUT2D eigenvalue weighted by atomic mass is 14.2. The van der Waals surface area contributed by atoms with Crippen molar-refractivity contribution in [1.29, 1.82) is 0 Å². The lowest BCUT2D eigenvalue weighted by atomic mass is 10.00. The van der Waals surface area contributed by atoms with Gasteiger partial charge >= 0.3 is 0 Å². The number of hydrogen-bond acceptors (Lipinski definition) is 0. The topological polar surface area (TPSA) is 0 Å². The van der Waals surface area contributed by atoms with E-state index in [9.17, 15) is 0 Å². The van der Waals surface area contributed by atoms with E-state index in [4.69, 9.17) is 0 Å². The number of benzene rings is 1. The molecular weight excluding hydrogens is 156 g/mol. The van der Waals surface area contributed by atoms with Crippen molar-refractivity contribution >= 4 is 17.7 Å². The molecule has 0 spiro atoms. The van der Waals surface area contributed by atoms with E-state index < -0.39 is 0 Å². The van der Waals surface area contributed by atoms with E-state index in [1.807, 2.05) is 0 Å². The van der Waals surface area contributed by atoms with Gasteiger partial charge in [-0.3, -0.25) is 0 Å². The van der Waals surface area contributed by atoms with Crippen LogP contribution in [-0.4, -0.2) is 0 Å². The lowest BCUT2D eigenvalue weighted by Crippen LogP contribution is -1.87.